The van der Waals surface area contributed by atoms with E-state index in [-0.39, 0.29) is 30.4 Å². The lowest BCUT2D eigenvalue weighted by molar-refractivity contribution is -0.137. The van der Waals surface area contributed by atoms with Gasteiger partial charge in [0.15, 0.2) is 0 Å². The third-order valence-electron chi connectivity index (χ3n) is 5.76. The fourth-order valence-electron chi connectivity index (χ4n) is 4.23. The largest absolute Gasteiger partial charge is 0.367 e. The van der Waals surface area contributed by atoms with Crippen molar-refractivity contribution in [1.29, 1.82) is 0 Å². The van der Waals surface area contributed by atoms with Crippen molar-refractivity contribution in [2.45, 2.75) is 38.5 Å². The molecule has 2 atom stereocenters. The Bertz CT molecular complexity index is 1010. The van der Waals surface area contributed by atoms with Crippen molar-refractivity contribution in [2.75, 3.05) is 18.9 Å². The monoisotopic (exact) mass is 414 g/mol. The smallest absolute Gasteiger partial charge is 0.248 e. The van der Waals surface area contributed by atoms with Gasteiger partial charge in [-0.05, 0) is 42.0 Å². The third kappa shape index (κ3) is 4.37. The Labute approximate surface area is 171 Å². The van der Waals surface area contributed by atoms with Crippen LogP contribution in [0.15, 0.2) is 48.5 Å². The molecule has 0 spiro atoms. The molecule has 0 saturated carbocycles. The van der Waals surface area contributed by atoms with Gasteiger partial charge in [0.25, 0.3) is 0 Å². The van der Waals surface area contributed by atoms with Crippen molar-refractivity contribution in [1.82, 2.24) is 9.62 Å². The molecule has 29 heavy (non-hydrogen) atoms. The molecule has 1 amide bonds. The molecule has 1 fully saturated rings. The van der Waals surface area contributed by atoms with Crippen molar-refractivity contribution in [3.8, 4) is 11.1 Å². The Hall–Kier alpha value is -2.22. The highest BCUT2D eigenvalue weighted by Gasteiger charge is 2.38. The van der Waals surface area contributed by atoms with E-state index in [1.807, 2.05) is 30.3 Å². The SMILES string of the molecule is CCS(=O)(=O)NC1CCN2C(=O)COCc3ccccc3-c3cccc(c3)CC12. The molecule has 0 radical (unpaired) electrons. The highest BCUT2D eigenvalue weighted by Crippen LogP contribution is 2.29. The number of carbonyl (C=O) groups is 1. The standard InChI is InChI=1S/C22H26N2O4S/c1-2-29(26,27)23-20-10-11-24-21(20)13-16-6-5-8-17(12-16)19-9-4-3-7-18(19)14-28-15-22(24)25/h3-9,12,20-21,23H,2,10-11,13-15H2,1H3. The van der Waals surface area contributed by atoms with Crippen molar-refractivity contribution in [2.24, 2.45) is 0 Å². The number of rotatable bonds is 3. The second kappa shape index (κ2) is 8.26. The maximum Gasteiger partial charge on any atom is 0.248 e. The van der Waals surface area contributed by atoms with E-state index in [9.17, 15) is 13.2 Å². The maximum atomic E-state index is 12.9. The number of nitrogens with zero attached hydrogens (tertiary/aromatic N) is 1. The fourth-order valence-corrected chi connectivity index (χ4v) is 5.14. The minimum atomic E-state index is -3.35. The van der Waals surface area contributed by atoms with Gasteiger partial charge < -0.3 is 9.64 Å². The van der Waals surface area contributed by atoms with Gasteiger partial charge in [0, 0.05) is 12.6 Å². The van der Waals surface area contributed by atoms with Crippen LogP contribution >= 0.6 is 0 Å². The van der Waals surface area contributed by atoms with Crippen LogP contribution in [0.25, 0.3) is 11.1 Å². The van der Waals surface area contributed by atoms with E-state index in [1.54, 1.807) is 11.8 Å². The second-order valence-corrected chi connectivity index (χ2v) is 9.67. The van der Waals surface area contributed by atoms with Crippen molar-refractivity contribution < 1.29 is 17.9 Å². The summed E-state index contributed by atoms with van der Waals surface area (Å²) in [6, 6.07) is 15.8. The number of nitrogens with one attached hydrogen (secondary N) is 1. The number of hydrogen-bond acceptors (Lipinski definition) is 4. The van der Waals surface area contributed by atoms with Gasteiger partial charge in [0.05, 0.1) is 18.4 Å². The summed E-state index contributed by atoms with van der Waals surface area (Å²) in [7, 11) is -3.35. The van der Waals surface area contributed by atoms with Gasteiger partial charge in [-0.2, -0.15) is 0 Å². The second-order valence-electron chi connectivity index (χ2n) is 7.63. The molecule has 0 aliphatic carbocycles. The van der Waals surface area contributed by atoms with Gasteiger partial charge in [-0.1, -0.05) is 48.5 Å². The highest BCUT2D eigenvalue weighted by molar-refractivity contribution is 7.89. The van der Waals surface area contributed by atoms with E-state index in [1.165, 1.54) is 0 Å². The molecule has 6 nitrogen and oxygen atoms in total. The summed E-state index contributed by atoms with van der Waals surface area (Å²) in [6.45, 7) is 2.50. The van der Waals surface area contributed by atoms with Crippen molar-refractivity contribution in [3.63, 3.8) is 0 Å². The van der Waals surface area contributed by atoms with Crippen LogP contribution in [0.1, 0.15) is 24.5 Å². The molecule has 2 aromatic carbocycles. The molecule has 7 heteroatoms. The van der Waals surface area contributed by atoms with E-state index < -0.39 is 10.0 Å². The zero-order valence-electron chi connectivity index (χ0n) is 16.5. The number of ether oxygens (including phenoxy) is 1. The van der Waals surface area contributed by atoms with Gasteiger partial charge in [-0.15, -0.1) is 0 Å². The molecule has 2 aromatic rings. The number of sulfonamides is 1. The van der Waals surface area contributed by atoms with Crippen LogP contribution in [0.4, 0.5) is 0 Å². The lowest BCUT2D eigenvalue weighted by atomic mass is 9.95. The molecule has 2 aliphatic rings. The number of fused-ring (bicyclic) bond motifs is 5. The lowest BCUT2D eigenvalue weighted by Gasteiger charge is -2.29. The molecule has 2 unspecified atom stereocenters. The molecule has 2 aliphatic heterocycles. The van der Waals surface area contributed by atoms with Crippen LogP contribution in [0.5, 0.6) is 0 Å². The predicted molar refractivity (Wildman–Crippen MR) is 112 cm³/mol. The summed E-state index contributed by atoms with van der Waals surface area (Å²) in [4.78, 5) is 14.6. The molecular formula is C22H26N2O4S. The number of carbonyl (C=O) groups excluding carboxylic acids is 1. The van der Waals surface area contributed by atoms with Crippen molar-refractivity contribution >= 4 is 15.9 Å². The van der Waals surface area contributed by atoms with Crippen LogP contribution in [-0.2, 0) is 32.6 Å². The quantitative estimate of drug-likeness (QED) is 0.837. The molecule has 1 N–H and O–H groups in total. The molecule has 2 bridgehead atoms. The third-order valence-corrected chi connectivity index (χ3v) is 7.18. The number of benzene rings is 2. The molecule has 154 valence electrons. The first-order valence-electron chi connectivity index (χ1n) is 10.0. The zero-order chi connectivity index (χ0) is 20.4. The van der Waals surface area contributed by atoms with E-state index in [0.717, 1.165) is 22.3 Å². The number of hydrogen-bond donors (Lipinski definition) is 1. The Morgan fingerprint density at radius 3 is 2.79 bits per heavy atom. The average molecular weight is 415 g/mol. The fraction of sp³-hybridized carbons (Fsp3) is 0.409. The molecule has 2 heterocycles. The van der Waals surface area contributed by atoms with Gasteiger partial charge in [0.1, 0.15) is 6.61 Å². The van der Waals surface area contributed by atoms with E-state index in [2.05, 4.69) is 22.9 Å². The van der Waals surface area contributed by atoms with Crippen LogP contribution in [0, 0.1) is 0 Å². The van der Waals surface area contributed by atoms with Crippen LogP contribution < -0.4 is 4.72 Å². The molecule has 4 rings (SSSR count). The first kappa shape index (κ1) is 20.1. The Balaban J connectivity index is 1.71. The van der Waals surface area contributed by atoms with E-state index in [4.69, 9.17) is 4.74 Å². The van der Waals surface area contributed by atoms with Gasteiger partial charge in [-0.25, -0.2) is 13.1 Å². The highest BCUT2D eigenvalue weighted by atomic mass is 32.2. The van der Waals surface area contributed by atoms with Crippen LogP contribution in [0.3, 0.4) is 0 Å². The minimum absolute atomic E-state index is 0.00792. The van der Waals surface area contributed by atoms with E-state index >= 15 is 0 Å². The zero-order valence-corrected chi connectivity index (χ0v) is 17.3. The summed E-state index contributed by atoms with van der Waals surface area (Å²) >= 11 is 0. The van der Waals surface area contributed by atoms with Gasteiger partial charge in [0.2, 0.25) is 15.9 Å². The summed E-state index contributed by atoms with van der Waals surface area (Å²) in [5, 5.41) is 0. The van der Waals surface area contributed by atoms with Gasteiger partial charge >= 0.3 is 0 Å². The first-order chi connectivity index (χ1) is 14.0. The molecular weight excluding hydrogens is 388 g/mol. The Morgan fingerprint density at radius 2 is 1.97 bits per heavy atom. The van der Waals surface area contributed by atoms with Crippen LogP contribution in [-0.4, -0.2) is 50.2 Å². The minimum Gasteiger partial charge on any atom is -0.367 e. The van der Waals surface area contributed by atoms with Crippen molar-refractivity contribution in [3.05, 3.63) is 59.7 Å². The Morgan fingerprint density at radius 1 is 1.14 bits per heavy atom. The number of amides is 1. The van der Waals surface area contributed by atoms with Gasteiger partial charge in [-0.3, -0.25) is 4.79 Å². The normalized spacial score (nSPS) is 22.4. The summed E-state index contributed by atoms with van der Waals surface area (Å²) in [6.07, 6.45) is 1.20. The topological polar surface area (TPSA) is 75.7 Å². The maximum absolute atomic E-state index is 12.9. The predicted octanol–water partition coefficient (Wildman–Crippen LogP) is 2.34. The molecule has 0 aromatic heterocycles. The first-order valence-corrected chi connectivity index (χ1v) is 11.7. The lowest BCUT2D eigenvalue weighted by Crippen LogP contribution is -2.49. The summed E-state index contributed by atoms with van der Waals surface area (Å²) in [5.41, 5.74) is 4.33. The van der Waals surface area contributed by atoms with Crippen LogP contribution in [0.2, 0.25) is 0 Å². The summed E-state index contributed by atoms with van der Waals surface area (Å²) < 4.78 is 32.9. The average Bonchev–Trinajstić information content (AvgIpc) is 3.09. The molecule has 1 saturated heterocycles. The van der Waals surface area contributed by atoms with E-state index in [0.29, 0.717) is 26.0 Å². The Kier molecular flexibility index (Phi) is 5.72. The summed E-state index contributed by atoms with van der Waals surface area (Å²) in [5.74, 6) is -0.0677.